The highest BCUT2D eigenvalue weighted by atomic mass is 16.3. The van der Waals surface area contributed by atoms with Gasteiger partial charge >= 0.3 is 0 Å². The Morgan fingerprint density at radius 1 is 1.23 bits per heavy atom. The number of hydrogen-bond donors (Lipinski definition) is 2. The third kappa shape index (κ3) is 3.66. The van der Waals surface area contributed by atoms with Gasteiger partial charge in [-0.1, -0.05) is 19.9 Å². The van der Waals surface area contributed by atoms with Crippen LogP contribution in [0.2, 0.25) is 0 Å². The van der Waals surface area contributed by atoms with Crippen LogP contribution in [-0.4, -0.2) is 21.6 Å². The van der Waals surface area contributed by atoms with Crippen LogP contribution in [0.5, 0.6) is 0 Å². The quantitative estimate of drug-likeness (QED) is 0.698. The van der Waals surface area contributed by atoms with Gasteiger partial charge in [-0.05, 0) is 105 Å². The highest BCUT2D eigenvalue weighted by molar-refractivity contribution is 6.04. The van der Waals surface area contributed by atoms with Crippen molar-refractivity contribution in [3.63, 3.8) is 0 Å². The van der Waals surface area contributed by atoms with Crippen LogP contribution >= 0.6 is 0 Å². The number of aliphatic hydroxyl groups is 1. The number of pyridine rings is 1. The Labute approximate surface area is 180 Å². The number of carbonyl (C=O) groups is 1. The maximum absolute atomic E-state index is 12.9. The van der Waals surface area contributed by atoms with Gasteiger partial charge in [0.05, 0.1) is 17.0 Å². The zero-order valence-corrected chi connectivity index (χ0v) is 18.5. The summed E-state index contributed by atoms with van der Waals surface area (Å²) >= 11 is 0. The van der Waals surface area contributed by atoms with E-state index in [2.05, 4.69) is 36.3 Å². The van der Waals surface area contributed by atoms with Crippen LogP contribution in [0.15, 0.2) is 36.5 Å². The standard InChI is InChI=1S/C26H34N2O2/c1-4-25(30)13-14-26(5-2)21(17-25)9-6-8-19-16-20(11-12-22(19)26)24(29)28-23-10-7-15-27-18(23)3/h7,10-12,15-16,21,30H,4-6,8-9,13-14,17H2,1-3H3,(H,28,29)/t21-,25+,26+/m0/s1. The molecule has 3 atom stereocenters. The lowest BCUT2D eigenvalue weighted by Crippen LogP contribution is -2.47. The van der Waals surface area contributed by atoms with Crippen LogP contribution in [0.3, 0.4) is 0 Å². The highest BCUT2D eigenvalue weighted by Gasteiger charge is 2.49. The molecule has 0 bridgehead atoms. The average molecular weight is 407 g/mol. The maximum atomic E-state index is 12.9. The molecular weight excluding hydrogens is 372 g/mol. The minimum absolute atomic E-state index is 0.0794. The second-order valence-corrected chi connectivity index (χ2v) is 9.34. The molecule has 1 fully saturated rings. The molecule has 0 aliphatic heterocycles. The molecule has 0 saturated heterocycles. The van der Waals surface area contributed by atoms with E-state index in [1.165, 1.54) is 11.1 Å². The minimum Gasteiger partial charge on any atom is -0.390 e. The minimum atomic E-state index is -0.505. The summed E-state index contributed by atoms with van der Waals surface area (Å²) in [4.78, 5) is 17.2. The molecule has 30 heavy (non-hydrogen) atoms. The molecule has 2 aliphatic carbocycles. The summed E-state index contributed by atoms with van der Waals surface area (Å²) in [5.41, 5.74) is 4.64. The molecule has 1 aromatic heterocycles. The molecule has 4 nitrogen and oxygen atoms in total. The van der Waals surface area contributed by atoms with E-state index in [9.17, 15) is 9.90 Å². The number of anilines is 1. The second-order valence-electron chi connectivity index (χ2n) is 9.34. The molecule has 4 heteroatoms. The van der Waals surface area contributed by atoms with Gasteiger partial charge in [-0.15, -0.1) is 0 Å². The second kappa shape index (κ2) is 8.14. The zero-order valence-electron chi connectivity index (χ0n) is 18.5. The molecule has 2 aromatic rings. The first-order valence-electron chi connectivity index (χ1n) is 11.5. The molecule has 1 amide bonds. The van der Waals surface area contributed by atoms with E-state index in [1.807, 2.05) is 25.1 Å². The van der Waals surface area contributed by atoms with Crippen molar-refractivity contribution in [2.45, 2.75) is 83.2 Å². The number of amides is 1. The van der Waals surface area contributed by atoms with Gasteiger partial charge in [0.2, 0.25) is 0 Å². The Balaban J connectivity index is 1.65. The topological polar surface area (TPSA) is 62.2 Å². The Morgan fingerprint density at radius 3 is 2.80 bits per heavy atom. The Bertz CT molecular complexity index is 940. The lowest BCUT2D eigenvalue weighted by molar-refractivity contribution is -0.0505. The van der Waals surface area contributed by atoms with Gasteiger partial charge in [-0.25, -0.2) is 0 Å². The summed E-state index contributed by atoms with van der Waals surface area (Å²) in [7, 11) is 0. The summed E-state index contributed by atoms with van der Waals surface area (Å²) in [5.74, 6) is 0.435. The normalized spacial score (nSPS) is 28.2. The summed E-state index contributed by atoms with van der Waals surface area (Å²) in [6, 6.07) is 10.0. The number of nitrogens with zero attached hydrogens (tertiary/aromatic N) is 1. The Hall–Kier alpha value is -2.20. The van der Waals surface area contributed by atoms with Crippen molar-refractivity contribution in [1.82, 2.24) is 4.98 Å². The van der Waals surface area contributed by atoms with Crippen molar-refractivity contribution in [2.75, 3.05) is 5.32 Å². The van der Waals surface area contributed by atoms with E-state index in [0.717, 1.165) is 62.7 Å². The van der Waals surface area contributed by atoms with Gasteiger partial charge in [0, 0.05) is 11.8 Å². The monoisotopic (exact) mass is 406 g/mol. The molecule has 2 aliphatic rings. The number of fused-ring (bicyclic) bond motifs is 3. The SMILES string of the molecule is CC[C@@]1(O)CC[C@@]2(CC)c3ccc(C(=O)Nc4cccnc4C)cc3CCC[C@H]2C1. The van der Waals surface area contributed by atoms with Gasteiger partial charge in [-0.2, -0.15) is 0 Å². The van der Waals surface area contributed by atoms with Crippen molar-refractivity contribution in [3.05, 3.63) is 58.9 Å². The molecule has 1 aromatic carbocycles. The van der Waals surface area contributed by atoms with E-state index >= 15 is 0 Å². The van der Waals surface area contributed by atoms with E-state index in [-0.39, 0.29) is 11.3 Å². The summed E-state index contributed by atoms with van der Waals surface area (Å²) in [6.07, 6.45) is 9.74. The van der Waals surface area contributed by atoms with Gasteiger partial charge < -0.3 is 10.4 Å². The molecule has 1 heterocycles. The van der Waals surface area contributed by atoms with Crippen LogP contribution < -0.4 is 5.32 Å². The first-order valence-corrected chi connectivity index (χ1v) is 11.5. The Kier molecular flexibility index (Phi) is 5.71. The van der Waals surface area contributed by atoms with E-state index in [1.54, 1.807) is 6.20 Å². The summed E-state index contributed by atoms with van der Waals surface area (Å²) < 4.78 is 0. The molecular formula is C26H34N2O2. The maximum Gasteiger partial charge on any atom is 0.255 e. The lowest BCUT2D eigenvalue weighted by atomic mass is 9.56. The molecule has 0 unspecified atom stereocenters. The lowest BCUT2D eigenvalue weighted by Gasteiger charge is -2.50. The predicted octanol–water partition coefficient (Wildman–Crippen LogP) is 5.57. The highest BCUT2D eigenvalue weighted by Crippen LogP contribution is 2.54. The van der Waals surface area contributed by atoms with Crippen LogP contribution in [0.4, 0.5) is 5.69 Å². The van der Waals surface area contributed by atoms with Crippen LogP contribution in [-0.2, 0) is 11.8 Å². The van der Waals surface area contributed by atoms with Gasteiger partial charge in [0.15, 0.2) is 0 Å². The number of aromatic nitrogens is 1. The van der Waals surface area contributed by atoms with E-state index in [0.29, 0.717) is 11.5 Å². The molecule has 4 rings (SSSR count). The first kappa shape index (κ1) is 21.0. The van der Waals surface area contributed by atoms with Crippen molar-refractivity contribution in [1.29, 1.82) is 0 Å². The molecule has 0 spiro atoms. The number of benzene rings is 1. The van der Waals surface area contributed by atoms with Crippen molar-refractivity contribution in [2.24, 2.45) is 5.92 Å². The number of carbonyl (C=O) groups excluding carboxylic acids is 1. The molecule has 160 valence electrons. The fraction of sp³-hybridized carbons (Fsp3) is 0.538. The number of nitrogens with one attached hydrogen (secondary N) is 1. The zero-order chi connectivity index (χ0) is 21.4. The smallest absolute Gasteiger partial charge is 0.255 e. The number of hydrogen-bond acceptors (Lipinski definition) is 3. The predicted molar refractivity (Wildman–Crippen MR) is 121 cm³/mol. The van der Waals surface area contributed by atoms with Crippen LogP contribution in [0.25, 0.3) is 0 Å². The van der Waals surface area contributed by atoms with Crippen molar-refractivity contribution < 1.29 is 9.90 Å². The van der Waals surface area contributed by atoms with Gasteiger partial charge in [0.25, 0.3) is 5.91 Å². The number of rotatable bonds is 4. The average Bonchev–Trinajstić information content (AvgIpc) is 2.91. The fourth-order valence-corrected chi connectivity index (χ4v) is 5.90. The van der Waals surface area contributed by atoms with Crippen LogP contribution in [0, 0.1) is 12.8 Å². The van der Waals surface area contributed by atoms with Gasteiger partial charge in [0.1, 0.15) is 0 Å². The van der Waals surface area contributed by atoms with Crippen molar-refractivity contribution in [3.8, 4) is 0 Å². The number of aryl methyl sites for hydroxylation is 2. The van der Waals surface area contributed by atoms with E-state index in [4.69, 9.17) is 0 Å². The van der Waals surface area contributed by atoms with Crippen LogP contribution in [0.1, 0.15) is 86.0 Å². The third-order valence-corrected chi connectivity index (χ3v) is 7.89. The largest absolute Gasteiger partial charge is 0.390 e. The molecule has 1 saturated carbocycles. The fourth-order valence-electron chi connectivity index (χ4n) is 5.90. The van der Waals surface area contributed by atoms with Crippen molar-refractivity contribution >= 4 is 11.6 Å². The molecule has 0 radical (unpaired) electrons. The molecule has 2 N–H and O–H groups in total. The third-order valence-electron chi connectivity index (χ3n) is 7.89. The summed E-state index contributed by atoms with van der Waals surface area (Å²) in [6.45, 7) is 6.31. The first-order chi connectivity index (χ1) is 14.4. The van der Waals surface area contributed by atoms with Gasteiger partial charge in [-0.3, -0.25) is 9.78 Å². The van der Waals surface area contributed by atoms with E-state index < -0.39 is 5.60 Å². The Morgan fingerprint density at radius 2 is 2.07 bits per heavy atom. The summed E-state index contributed by atoms with van der Waals surface area (Å²) in [5, 5.41) is 14.0.